The Hall–Kier alpha value is -1.92. The van der Waals surface area contributed by atoms with Gasteiger partial charge in [0.05, 0.1) is 24.8 Å². The number of para-hydroxylation sites is 1. The summed E-state index contributed by atoms with van der Waals surface area (Å²) in [5.74, 6) is 1.86. The largest absolute Gasteiger partial charge is 0.496 e. The number of rotatable bonds is 4. The normalized spacial score (nSPS) is 22.1. The van der Waals surface area contributed by atoms with Gasteiger partial charge in [-0.1, -0.05) is 17.3 Å². The first-order chi connectivity index (χ1) is 9.81. The maximum atomic E-state index is 5.36. The average molecular weight is 275 g/mol. The van der Waals surface area contributed by atoms with Crippen LogP contribution in [0.2, 0.25) is 0 Å². The third kappa shape index (κ3) is 2.39. The Kier molecular flexibility index (Phi) is 3.66. The summed E-state index contributed by atoms with van der Waals surface area (Å²) in [6.45, 7) is 0.799. The standard InChI is InChI=1S/C14H17N3O3/c1-18-9-7-11(15-8-9)14-16-13(17-20-14)10-5-3-4-6-12(10)19-2/h3-6,9,11,15H,7-8H2,1-2H3. The first kappa shape index (κ1) is 13.1. The van der Waals surface area contributed by atoms with Crippen LogP contribution in [0, 0.1) is 0 Å². The number of ether oxygens (including phenoxy) is 2. The molecule has 1 aromatic heterocycles. The summed E-state index contributed by atoms with van der Waals surface area (Å²) in [6.07, 6.45) is 1.03. The molecule has 1 fully saturated rings. The van der Waals surface area contributed by atoms with E-state index in [0.717, 1.165) is 24.3 Å². The highest BCUT2D eigenvalue weighted by Crippen LogP contribution is 2.30. The van der Waals surface area contributed by atoms with Gasteiger partial charge in [-0.2, -0.15) is 4.98 Å². The Bertz CT molecular complexity index is 585. The van der Waals surface area contributed by atoms with E-state index >= 15 is 0 Å². The van der Waals surface area contributed by atoms with Crippen molar-refractivity contribution in [3.63, 3.8) is 0 Å². The number of methoxy groups -OCH3 is 2. The van der Waals surface area contributed by atoms with Gasteiger partial charge in [0, 0.05) is 13.7 Å². The first-order valence-corrected chi connectivity index (χ1v) is 6.55. The lowest BCUT2D eigenvalue weighted by Gasteiger charge is -2.04. The van der Waals surface area contributed by atoms with Crippen LogP contribution in [-0.2, 0) is 4.74 Å². The number of nitrogens with zero attached hydrogens (tertiary/aromatic N) is 2. The quantitative estimate of drug-likeness (QED) is 0.917. The lowest BCUT2D eigenvalue weighted by molar-refractivity contribution is 0.116. The highest BCUT2D eigenvalue weighted by Gasteiger charge is 2.29. The zero-order valence-corrected chi connectivity index (χ0v) is 11.5. The van der Waals surface area contributed by atoms with Gasteiger partial charge in [0.25, 0.3) is 0 Å². The molecule has 2 aromatic rings. The van der Waals surface area contributed by atoms with Crippen molar-refractivity contribution in [1.29, 1.82) is 0 Å². The van der Waals surface area contributed by atoms with Gasteiger partial charge in [0.2, 0.25) is 11.7 Å². The Balaban J connectivity index is 1.83. The van der Waals surface area contributed by atoms with E-state index in [1.54, 1.807) is 14.2 Å². The van der Waals surface area contributed by atoms with Crippen molar-refractivity contribution >= 4 is 0 Å². The molecule has 106 valence electrons. The topological polar surface area (TPSA) is 69.4 Å². The summed E-state index contributed by atoms with van der Waals surface area (Å²) in [7, 11) is 3.34. The summed E-state index contributed by atoms with van der Waals surface area (Å²) in [5.41, 5.74) is 0.825. The number of benzene rings is 1. The summed E-state index contributed by atoms with van der Waals surface area (Å²) < 4.78 is 16.0. The molecule has 1 saturated heterocycles. The molecular weight excluding hydrogens is 258 g/mol. The zero-order chi connectivity index (χ0) is 13.9. The molecule has 6 heteroatoms. The smallest absolute Gasteiger partial charge is 0.244 e. The van der Waals surface area contributed by atoms with Crippen LogP contribution < -0.4 is 10.1 Å². The molecule has 2 atom stereocenters. The molecule has 1 aliphatic heterocycles. The molecule has 0 saturated carbocycles. The number of hydrogen-bond donors (Lipinski definition) is 1. The SMILES string of the molecule is COc1ccccc1-c1noc(C2CC(OC)CN2)n1. The minimum Gasteiger partial charge on any atom is -0.496 e. The van der Waals surface area contributed by atoms with Crippen LogP contribution in [0.5, 0.6) is 5.75 Å². The molecule has 0 radical (unpaired) electrons. The molecule has 1 N–H and O–H groups in total. The van der Waals surface area contributed by atoms with Crippen LogP contribution >= 0.6 is 0 Å². The molecule has 1 aromatic carbocycles. The molecule has 0 spiro atoms. The second-order valence-corrected chi connectivity index (χ2v) is 4.71. The fraction of sp³-hybridized carbons (Fsp3) is 0.429. The molecule has 3 rings (SSSR count). The second kappa shape index (κ2) is 5.60. The van der Waals surface area contributed by atoms with Gasteiger partial charge in [-0.3, -0.25) is 0 Å². The third-order valence-corrected chi connectivity index (χ3v) is 3.51. The van der Waals surface area contributed by atoms with Gasteiger partial charge in [0.15, 0.2) is 0 Å². The number of aromatic nitrogens is 2. The monoisotopic (exact) mass is 275 g/mol. The van der Waals surface area contributed by atoms with Crippen molar-refractivity contribution in [2.24, 2.45) is 0 Å². The van der Waals surface area contributed by atoms with Crippen molar-refractivity contribution in [3.05, 3.63) is 30.2 Å². The molecule has 0 amide bonds. The van der Waals surface area contributed by atoms with Crippen LogP contribution in [0.3, 0.4) is 0 Å². The Morgan fingerprint density at radius 3 is 2.90 bits per heavy atom. The fourth-order valence-corrected chi connectivity index (χ4v) is 2.39. The third-order valence-electron chi connectivity index (χ3n) is 3.51. The minimum absolute atomic E-state index is 0.0518. The summed E-state index contributed by atoms with van der Waals surface area (Å²) >= 11 is 0. The van der Waals surface area contributed by atoms with E-state index in [-0.39, 0.29) is 12.1 Å². The zero-order valence-electron chi connectivity index (χ0n) is 11.5. The first-order valence-electron chi connectivity index (χ1n) is 6.55. The molecule has 2 heterocycles. The van der Waals surface area contributed by atoms with Gasteiger partial charge in [-0.25, -0.2) is 0 Å². The van der Waals surface area contributed by atoms with Crippen LogP contribution in [0.25, 0.3) is 11.4 Å². The van der Waals surface area contributed by atoms with E-state index in [2.05, 4.69) is 15.5 Å². The molecule has 6 nitrogen and oxygen atoms in total. The number of nitrogens with one attached hydrogen (secondary N) is 1. The molecule has 0 aliphatic carbocycles. The molecule has 0 bridgehead atoms. The lowest BCUT2D eigenvalue weighted by Crippen LogP contribution is -2.16. The Morgan fingerprint density at radius 1 is 1.30 bits per heavy atom. The Morgan fingerprint density at radius 2 is 2.15 bits per heavy atom. The van der Waals surface area contributed by atoms with Crippen molar-refractivity contribution < 1.29 is 14.0 Å². The van der Waals surface area contributed by atoms with Crippen LogP contribution in [0.15, 0.2) is 28.8 Å². The van der Waals surface area contributed by atoms with Gasteiger partial charge in [-0.15, -0.1) is 0 Å². The predicted molar refractivity (Wildman–Crippen MR) is 72.4 cm³/mol. The molecule has 20 heavy (non-hydrogen) atoms. The van der Waals surface area contributed by atoms with Gasteiger partial charge in [-0.05, 0) is 18.6 Å². The Labute approximate surface area is 117 Å². The summed E-state index contributed by atoms with van der Waals surface area (Å²) in [6, 6.07) is 7.66. The van der Waals surface area contributed by atoms with E-state index in [1.165, 1.54) is 0 Å². The van der Waals surface area contributed by atoms with E-state index in [4.69, 9.17) is 14.0 Å². The highest BCUT2D eigenvalue weighted by atomic mass is 16.5. The second-order valence-electron chi connectivity index (χ2n) is 4.71. The predicted octanol–water partition coefficient (Wildman–Crippen LogP) is 1.79. The van der Waals surface area contributed by atoms with E-state index in [0.29, 0.717) is 11.7 Å². The van der Waals surface area contributed by atoms with Crippen molar-refractivity contribution in [1.82, 2.24) is 15.5 Å². The van der Waals surface area contributed by atoms with Gasteiger partial charge < -0.3 is 19.3 Å². The molecule has 1 aliphatic rings. The van der Waals surface area contributed by atoms with Crippen LogP contribution in [0.4, 0.5) is 0 Å². The van der Waals surface area contributed by atoms with Crippen molar-refractivity contribution in [2.75, 3.05) is 20.8 Å². The maximum Gasteiger partial charge on any atom is 0.244 e. The van der Waals surface area contributed by atoms with E-state index < -0.39 is 0 Å². The van der Waals surface area contributed by atoms with Crippen molar-refractivity contribution in [2.45, 2.75) is 18.6 Å². The molecule has 2 unspecified atom stereocenters. The maximum absolute atomic E-state index is 5.36. The summed E-state index contributed by atoms with van der Waals surface area (Å²) in [4.78, 5) is 4.46. The minimum atomic E-state index is 0.0518. The average Bonchev–Trinajstić information content (AvgIpc) is 3.15. The van der Waals surface area contributed by atoms with Crippen molar-refractivity contribution in [3.8, 4) is 17.1 Å². The van der Waals surface area contributed by atoms with E-state index in [1.807, 2.05) is 24.3 Å². The van der Waals surface area contributed by atoms with E-state index in [9.17, 15) is 0 Å². The highest BCUT2D eigenvalue weighted by molar-refractivity contribution is 5.63. The van der Waals surface area contributed by atoms with Gasteiger partial charge >= 0.3 is 0 Å². The number of hydrogen-bond acceptors (Lipinski definition) is 6. The summed E-state index contributed by atoms with van der Waals surface area (Å²) in [5, 5.41) is 7.36. The van der Waals surface area contributed by atoms with Crippen LogP contribution in [-0.4, -0.2) is 37.0 Å². The lowest BCUT2D eigenvalue weighted by atomic mass is 10.2. The van der Waals surface area contributed by atoms with Gasteiger partial charge in [0.1, 0.15) is 5.75 Å². The van der Waals surface area contributed by atoms with Crippen LogP contribution in [0.1, 0.15) is 18.4 Å². The fourth-order valence-electron chi connectivity index (χ4n) is 2.39. The molecular formula is C14H17N3O3.